The molecule has 1 aliphatic carbocycles. The molecule has 0 spiro atoms. The molecule has 0 N–H and O–H groups in total. The SMILES string of the molecule is Cc1ccc(N(CC2CC2)C(=O)[C@H]2OCC[C@H]2Cn2cccn2)cc1F. The van der Waals surface area contributed by atoms with Crippen LogP contribution in [-0.2, 0) is 16.1 Å². The molecule has 26 heavy (non-hydrogen) atoms. The average molecular weight is 357 g/mol. The molecule has 4 rings (SSSR count). The highest BCUT2D eigenvalue weighted by Gasteiger charge is 2.39. The summed E-state index contributed by atoms with van der Waals surface area (Å²) in [4.78, 5) is 15.0. The van der Waals surface area contributed by atoms with Crippen LogP contribution in [0.2, 0.25) is 0 Å². The van der Waals surface area contributed by atoms with Gasteiger partial charge in [0.1, 0.15) is 11.9 Å². The van der Waals surface area contributed by atoms with Crippen molar-refractivity contribution in [3.8, 4) is 0 Å². The molecular formula is C20H24FN3O2. The second kappa shape index (κ2) is 7.19. The minimum Gasteiger partial charge on any atom is -0.368 e. The normalized spacial score (nSPS) is 22.5. The topological polar surface area (TPSA) is 47.4 Å². The highest BCUT2D eigenvalue weighted by molar-refractivity contribution is 5.97. The summed E-state index contributed by atoms with van der Waals surface area (Å²) in [7, 11) is 0. The molecule has 0 bridgehead atoms. The standard InChI is InChI=1S/C20H24FN3O2/c1-14-3-6-17(11-18(14)21)24(12-15-4-5-15)20(25)19-16(7-10-26-19)13-23-9-2-8-22-23/h2-3,6,8-9,11,15-16,19H,4-5,7,10,12-13H2,1H3/t16-,19-/m0/s1. The summed E-state index contributed by atoms with van der Waals surface area (Å²) in [5.41, 5.74) is 1.21. The molecule has 2 atom stereocenters. The quantitative estimate of drug-likeness (QED) is 0.798. The summed E-state index contributed by atoms with van der Waals surface area (Å²) >= 11 is 0. The fourth-order valence-corrected chi connectivity index (χ4v) is 3.53. The van der Waals surface area contributed by atoms with E-state index in [4.69, 9.17) is 4.74 Å². The van der Waals surface area contributed by atoms with Gasteiger partial charge < -0.3 is 9.64 Å². The second-order valence-corrected chi connectivity index (χ2v) is 7.39. The van der Waals surface area contributed by atoms with Crippen molar-refractivity contribution in [2.45, 2.75) is 38.8 Å². The first-order valence-electron chi connectivity index (χ1n) is 9.28. The van der Waals surface area contributed by atoms with Crippen LogP contribution in [0, 0.1) is 24.6 Å². The lowest BCUT2D eigenvalue weighted by atomic mass is 10.00. The minimum absolute atomic E-state index is 0.0604. The third-order valence-corrected chi connectivity index (χ3v) is 5.31. The maximum Gasteiger partial charge on any atom is 0.256 e. The molecule has 0 radical (unpaired) electrons. The lowest BCUT2D eigenvalue weighted by molar-refractivity contribution is -0.129. The molecule has 1 aromatic heterocycles. The van der Waals surface area contributed by atoms with E-state index in [1.807, 2.05) is 23.0 Å². The smallest absolute Gasteiger partial charge is 0.256 e. The van der Waals surface area contributed by atoms with Gasteiger partial charge in [0.25, 0.3) is 5.91 Å². The monoisotopic (exact) mass is 357 g/mol. The van der Waals surface area contributed by atoms with E-state index in [0.717, 1.165) is 19.3 Å². The van der Waals surface area contributed by atoms with Gasteiger partial charge in [-0.15, -0.1) is 0 Å². The van der Waals surface area contributed by atoms with Gasteiger partial charge in [-0.2, -0.15) is 5.10 Å². The van der Waals surface area contributed by atoms with Crippen LogP contribution in [0.15, 0.2) is 36.7 Å². The fraction of sp³-hybridized carbons (Fsp3) is 0.500. The molecule has 5 nitrogen and oxygen atoms in total. The third-order valence-electron chi connectivity index (χ3n) is 5.31. The van der Waals surface area contributed by atoms with Crippen molar-refractivity contribution in [2.24, 2.45) is 11.8 Å². The Morgan fingerprint density at radius 3 is 2.92 bits per heavy atom. The molecule has 1 amide bonds. The summed E-state index contributed by atoms with van der Waals surface area (Å²) in [6.45, 7) is 3.59. The van der Waals surface area contributed by atoms with E-state index in [2.05, 4.69) is 5.10 Å². The molecule has 2 aliphatic rings. The number of amides is 1. The highest BCUT2D eigenvalue weighted by Crippen LogP contribution is 2.34. The first-order chi connectivity index (χ1) is 12.6. The van der Waals surface area contributed by atoms with Crippen LogP contribution in [0.1, 0.15) is 24.8 Å². The van der Waals surface area contributed by atoms with Gasteiger partial charge >= 0.3 is 0 Å². The zero-order valence-corrected chi connectivity index (χ0v) is 15.0. The summed E-state index contributed by atoms with van der Waals surface area (Å²) in [5, 5.41) is 4.24. The fourth-order valence-electron chi connectivity index (χ4n) is 3.53. The first kappa shape index (κ1) is 17.2. The highest BCUT2D eigenvalue weighted by atomic mass is 19.1. The molecule has 2 aromatic rings. The van der Waals surface area contributed by atoms with Gasteiger partial charge in [0.05, 0.1) is 0 Å². The molecule has 1 saturated carbocycles. The Hall–Kier alpha value is -2.21. The third kappa shape index (κ3) is 3.65. The van der Waals surface area contributed by atoms with E-state index in [1.165, 1.54) is 6.07 Å². The Labute approximate surface area is 152 Å². The van der Waals surface area contributed by atoms with Crippen LogP contribution in [0.4, 0.5) is 10.1 Å². The van der Waals surface area contributed by atoms with E-state index in [9.17, 15) is 9.18 Å². The number of aromatic nitrogens is 2. The number of benzene rings is 1. The first-order valence-corrected chi connectivity index (χ1v) is 9.28. The van der Waals surface area contributed by atoms with Crippen LogP contribution >= 0.6 is 0 Å². The summed E-state index contributed by atoms with van der Waals surface area (Å²) in [6.07, 6.45) is 6.22. The second-order valence-electron chi connectivity index (χ2n) is 7.39. The summed E-state index contributed by atoms with van der Waals surface area (Å²) in [5.74, 6) is 0.250. The van der Waals surface area contributed by atoms with Crippen molar-refractivity contribution in [3.63, 3.8) is 0 Å². The Morgan fingerprint density at radius 2 is 2.23 bits per heavy atom. The van der Waals surface area contributed by atoms with Gasteiger partial charge in [-0.3, -0.25) is 9.48 Å². The zero-order valence-electron chi connectivity index (χ0n) is 15.0. The van der Waals surface area contributed by atoms with E-state index in [0.29, 0.717) is 36.9 Å². The van der Waals surface area contributed by atoms with Crippen molar-refractivity contribution in [1.82, 2.24) is 9.78 Å². The van der Waals surface area contributed by atoms with E-state index < -0.39 is 6.10 Å². The number of carbonyl (C=O) groups is 1. The Kier molecular flexibility index (Phi) is 4.76. The molecule has 2 heterocycles. The maximum atomic E-state index is 14.1. The van der Waals surface area contributed by atoms with E-state index >= 15 is 0 Å². The largest absolute Gasteiger partial charge is 0.368 e. The van der Waals surface area contributed by atoms with Gasteiger partial charge in [-0.1, -0.05) is 6.07 Å². The maximum absolute atomic E-state index is 14.1. The predicted octanol–water partition coefficient (Wildman–Crippen LogP) is 3.18. The number of carbonyl (C=O) groups excluding carboxylic acids is 1. The van der Waals surface area contributed by atoms with Gasteiger partial charge in [-0.25, -0.2) is 4.39 Å². The Bertz CT molecular complexity index is 773. The van der Waals surface area contributed by atoms with Crippen LogP contribution in [0.25, 0.3) is 0 Å². The molecule has 2 fully saturated rings. The zero-order chi connectivity index (χ0) is 18.1. The van der Waals surface area contributed by atoms with Crippen molar-refractivity contribution in [2.75, 3.05) is 18.1 Å². The van der Waals surface area contributed by atoms with Crippen molar-refractivity contribution in [1.29, 1.82) is 0 Å². The number of halogens is 1. The number of anilines is 1. The molecule has 1 aliphatic heterocycles. The van der Waals surface area contributed by atoms with Crippen LogP contribution < -0.4 is 4.90 Å². The van der Waals surface area contributed by atoms with Crippen molar-refractivity contribution in [3.05, 3.63) is 48.0 Å². The molecule has 6 heteroatoms. The number of aryl methyl sites for hydroxylation is 1. The van der Waals surface area contributed by atoms with E-state index in [1.54, 1.807) is 24.1 Å². The molecule has 1 aromatic carbocycles. The number of ether oxygens (including phenoxy) is 1. The number of hydrogen-bond donors (Lipinski definition) is 0. The molecule has 138 valence electrons. The minimum atomic E-state index is -0.498. The van der Waals surface area contributed by atoms with Gasteiger partial charge in [0, 0.05) is 43.7 Å². The van der Waals surface area contributed by atoms with Crippen molar-refractivity contribution >= 4 is 11.6 Å². The lowest BCUT2D eigenvalue weighted by Crippen LogP contribution is -2.43. The molecule has 1 saturated heterocycles. The lowest BCUT2D eigenvalue weighted by Gasteiger charge is -2.28. The van der Waals surface area contributed by atoms with Gasteiger partial charge in [-0.05, 0) is 55.9 Å². The van der Waals surface area contributed by atoms with E-state index in [-0.39, 0.29) is 17.6 Å². The number of nitrogens with zero attached hydrogens (tertiary/aromatic N) is 3. The predicted molar refractivity (Wildman–Crippen MR) is 96.3 cm³/mol. The van der Waals surface area contributed by atoms with Crippen LogP contribution in [0.3, 0.4) is 0 Å². The van der Waals surface area contributed by atoms with Crippen LogP contribution in [-0.4, -0.2) is 34.9 Å². The Balaban J connectivity index is 1.55. The van der Waals surface area contributed by atoms with Gasteiger partial charge in [0.2, 0.25) is 0 Å². The number of hydrogen-bond acceptors (Lipinski definition) is 3. The van der Waals surface area contributed by atoms with Gasteiger partial charge in [0.15, 0.2) is 0 Å². The van der Waals surface area contributed by atoms with Crippen molar-refractivity contribution < 1.29 is 13.9 Å². The molecular weight excluding hydrogens is 333 g/mol. The molecule has 0 unspecified atom stereocenters. The Morgan fingerprint density at radius 1 is 1.38 bits per heavy atom. The van der Waals surface area contributed by atoms with Crippen LogP contribution in [0.5, 0.6) is 0 Å². The summed E-state index contributed by atoms with van der Waals surface area (Å²) in [6, 6.07) is 6.90. The summed E-state index contributed by atoms with van der Waals surface area (Å²) < 4.78 is 21.7. The average Bonchev–Trinajstić information content (AvgIpc) is 3.10. The number of rotatable bonds is 6.